The number of aliphatic hydroxyl groups is 1. The Hall–Kier alpha value is -2.09. The number of ether oxygens (including phenoxy) is 2. The fourth-order valence-electron chi connectivity index (χ4n) is 2.92. The molecule has 1 aromatic carbocycles. The van der Waals surface area contributed by atoms with Crippen molar-refractivity contribution in [2.24, 2.45) is 0 Å². The van der Waals surface area contributed by atoms with Gasteiger partial charge in [0.15, 0.2) is 0 Å². The Kier molecular flexibility index (Phi) is 7.46. The van der Waals surface area contributed by atoms with Crippen LogP contribution in [0.3, 0.4) is 0 Å². The largest absolute Gasteiger partial charge is 0.463 e. The van der Waals surface area contributed by atoms with E-state index in [9.17, 15) is 19.5 Å². The number of hydrogen-bond acceptors (Lipinski definition) is 6. The minimum Gasteiger partial charge on any atom is -0.463 e. The van der Waals surface area contributed by atoms with E-state index in [0.29, 0.717) is 6.42 Å². The van der Waals surface area contributed by atoms with Crippen LogP contribution in [-0.2, 0) is 30.3 Å². The Bertz CT molecular complexity index is 762. The van der Waals surface area contributed by atoms with Gasteiger partial charge in [-0.05, 0) is 25.8 Å². The second-order valence-corrected chi connectivity index (χ2v) is 6.79. The molecule has 0 bridgehead atoms. The molecule has 28 heavy (non-hydrogen) atoms. The Morgan fingerprint density at radius 2 is 1.64 bits per heavy atom. The maximum atomic E-state index is 12.6. The van der Waals surface area contributed by atoms with Gasteiger partial charge in [-0.25, -0.2) is 9.59 Å². The van der Waals surface area contributed by atoms with Crippen LogP contribution in [0.1, 0.15) is 19.4 Å². The lowest BCUT2D eigenvalue weighted by molar-refractivity contribution is -0.189. The Morgan fingerprint density at radius 3 is 2.14 bits per heavy atom. The molecule has 0 saturated carbocycles. The van der Waals surface area contributed by atoms with E-state index < -0.39 is 29.5 Å². The summed E-state index contributed by atoms with van der Waals surface area (Å²) in [5, 5.41) is 10.4. The summed E-state index contributed by atoms with van der Waals surface area (Å²) in [4.78, 5) is 38.7. The van der Waals surface area contributed by atoms with Crippen molar-refractivity contribution >= 4 is 41.0 Å². The van der Waals surface area contributed by atoms with Crippen molar-refractivity contribution < 1.29 is 29.0 Å². The third-order valence-electron chi connectivity index (χ3n) is 4.26. The highest BCUT2D eigenvalue weighted by atomic mass is 35.5. The smallest absolute Gasteiger partial charge is 0.352 e. The molecule has 7 nitrogen and oxygen atoms in total. The molecule has 1 unspecified atom stereocenters. The van der Waals surface area contributed by atoms with Gasteiger partial charge in [0.05, 0.1) is 18.2 Å². The van der Waals surface area contributed by atoms with Crippen LogP contribution in [0.15, 0.2) is 40.4 Å². The zero-order valence-corrected chi connectivity index (χ0v) is 17.0. The molecular weight excluding hydrogens is 409 g/mol. The number of carbonyl (C=O) groups excluding carboxylic acids is 3. The Morgan fingerprint density at radius 1 is 1.11 bits per heavy atom. The summed E-state index contributed by atoms with van der Waals surface area (Å²) < 4.78 is 9.73. The molecule has 1 heterocycles. The van der Waals surface area contributed by atoms with E-state index in [2.05, 4.69) is 0 Å². The van der Waals surface area contributed by atoms with E-state index >= 15 is 0 Å². The molecule has 1 amide bonds. The number of amides is 1. The first kappa shape index (κ1) is 22.2. The van der Waals surface area contributed by atoms with Crippen LogP contribution in [0.5, 0.6) is 0 Å². The summed E-state index contributed by atoms with van der Waals surface area (Å²) >= 11 is 12.2. The summed E-state index contributed by atoms with van der Waals surface area (Å²) in [6.45, 7) is 2.89. The van der Waals surface area contributed by atoms with Crippen molar-refractivity contribution in [3.63, 3.8) is 0 Å². The van der Waals surface area contributed by atoms with Gasteiger partial charge in [0.2, 0.25) is 0 Å². The molecule has 1 N–H and O–H groups in total. The zero-order chi connectivity index (χ0) is 20.9. The number of carbonyl (C=O) groups is 3. The molecule has 1 aliphatic rings. The van der Waals surface area contributed by atoms with Crippen molar-refractivity contribution in [3.05, 3.63) is 46.0 Å². The fraction of sp³-hybridized carbons (Fsp3) is 0.421. The van der Waals surface area contributed by atoms with Gasteiger partial charge >= 0.3 is 11.9 Å². The third-order valence-corrected chi connectivity index (χ3v) is 5.12. The van der Waals surface area contributed by atoms with Gasteiger partial charge in [-0.3, -0.25) is 4.79 Å². The zero-order valence-electron chi connectivity index (χ0n) is 15.5. The lowest BCUT2D eigenvalue weighted by atomic mass is 9.93. The molecular formula is C19H21Cl2NO6. The van der Waals surface area contributed by atoms with E-state index in [-0.39, 0.29) is 29.8 Å². The SMILES string of the molecule is CCOC(=O)C(O)(C(=O)OCC)C1C(Cl)=C(Cl)C(=O)N1CCc1ccccc1. The summed E-state index contributed by atoms with van der Waals surface area (Å²) in [6, 6.07) is 7.69. The van der Waals surface area contributed by atoms with Gasteiger partial charge in [0.25, 0.3) is 11.5 Å². The minimum atomic E-state index is -2.84. The molecule has 0 spiro atoms. The van der Waals surface area contributed by atoms with Crippen LogP contribution in [-0.4, -0.2) is 59.3 Å². The molecule has 9 heteroatoms. The average Bonchev–Trinajstić information content (AvgIpc) is 2.90. The number of rotatable bonds is 8. The van der Waals surface area contributed by atoms with Gasteiger partial charge in [-0.15, -0.1) is 0 Å². The number of benzene rings is 1. The maximum Gasteiger partial charge on any atom is 0.352 e. The first-order chi connectivity index (χ1) is 13.3. The normalized spacial score (nSPS) is 17.1. The van der Waals surface area contributed by atoms with E-state index in [1.807, 2.05) is 30.3 Å². The summed E-state index contributed by atoms with van der Waals surface area (Å²) in [6.07, 6.45) is 0.388. The second-order valence-electron chi connectivity index (χ2n) is 6.01. The quantitative estimate of drug-likeness (QED) is 0.501. The van der Waals surface area contributed by atoms with Crippen LogP contribution in [0.2, 0.25) is 0 Å². The molecule has 1 aromatic rings. The Labute approximate surface area is 172 Å². The molecule has 0 aromatic heterocycles. The van der Waals surface area contributed by atoms with Gasteiger partial charge in [0, 0.05) is 6.54 Å². The summed E-state index contributed by atoms with van der Waals surface area (Å²) in [7, 11) is 0. The van der Waals surface area contributed by atoms with Crippen molar-refractivity contribution in [2.45, 2.75) is 31.9 Å². The lowest BCUT2D eigenvalue weighted by Gasteiger charge is -2.35. The summed E-state index contributed by atoms with van der Waals surface area (Å²) in [5.74, 6) is -3.22. The van der Waals surface area contributed by atoms with Crippen LogP contribution in [0.25, 0.3) is 0 Å². The van der Waals surface area contributed by atoms with E-state index in [4.69, 9.17) is 32.7 Å². The Balaban J connectivity index is 2.42. The predicted octanol–water partition coefficient (Wildman–Crippen LogP) is 1.99. The van der Waals surface area contributed by atoms with Crippen molar-refractivity contribution in [3.8, 4) is 0 Å². The van der Waals surface area contributed by atoms with Crippen LogP contribution in [0, 0.1) is 0 Å². The molecule has 152 valence electrons. The highest BCUT2D eigenvalue weighted by Crippen LogP contribution is 2.38. The van der Waals surface area contributed by atoms with E-state index in [1.165, 1.54) is 13.8 Å². The molecule has 1 aliphatic heterocycles. The van der Waals surface area contributed by atoms with Crippen LogP contribution < -0.4 is 0 Å². The molecule has 1 atom stereocenters. The van der Waals surface area contributed by atoms with Crippen molar-refractivity contribution in [1.29, 1.82) is 0 Å². The number of hydrogen-bond donors (Lipinski definition) is 1. The molecule has 0 aliphatic carbocycles. The van der Waals surface area contributed by atoms with E-state index in [1.54, 1.807) is 0 Å². The fourth-order valence-corrected chi connectivity index (χ4v) is 3.49. The number of nitrogens with zero attached hydrogens (tertiary/aromatic N) is 1. The van der Waals surface area contributed by atoms with Gasteiger partial charge in [-0.1, -0.05) is 53.5 Å². The first-order valence-corrected chi connectivity index (χ1v) is 9.51. The maximum absolute atomic E-state index is 12.6. The minimum absolute atomic E-state index is 0.0566. The van der Waals surface area contributed by atoms with E-state index in [0.717, 1.165) is 10.5 Å². The molecule has 2 rings (SSSR count). The number of halogens is 2. The molecule has 0 fully saturated rings. The highest BCUT2D eigenvalue weighted by molar-refractivity contribution is 6.50. The van der Waals surface area contributed by atoms with Crippen molar-refractivity contribution in [2.75, 3.05) is 19.8 Å². The van der Waals surface area contributed by atoms with Crippen LogP contribution >= 0.6 is 23.2 Å². The van der Waals surface area contributed by atoms with Gasteiger partial charge in [-0.2, -0.15) is 0 Å². The van der Waals surface area contributed by atoms with Gasteiger partial charge < -0.3 is 19.5 Å². The monoisotopic (exact) mass is 429 g/mol. The predicted molar refractivity (Wildman–Crippen MR) is 103 cm³/mol. The first-order valence-electron chi connectivity index (χ1n) is 8.75. The standard InChI is InChI=1S/C19H21Cl2NO6/c1-3-27-17(24)19(26,18(25)28-4-2)15-13(20)14(21)16(23)22(15)11-10-12-8-6-5-7-9-12/h5-9,15,26H,3-4,10-11H2,1-2H3. The average molecular weight is 430 g/mol. The highest BCUT2D eigenvalue weighted by Gasteiger charge is 2.61. The molecule has 0 saturated heterocycles. The van der Waals surface area contributed by atoms with Crippen LogP contribution in [0.4, 0.5) is 0 Å². The summed E-state index contributed by atoms with van der Waals surface area (Å²) in [5.41, 5.74) is -1.93. The third kappa shape index (κ3) is 4.16. The molecule has 0 radical (unpaired) electrons. The number of esters is 2. The van der Waals surface area contributed by atoms with Gasteiger partial charge in [0.1, 0.15) is 11.1 Å². The lowest BCUT2D eigenvalue weighted by Crippen LogP contribution is -2.63. The topological polar surface area (TPSA) is 93.1 Å². The van der Waals surface area contributed by atoms with Crippen molar-refractivity contribution in [1.82, 2.24) is 4.90 Å². The second kappa shape index (κ2) is 9.41.